The smallest absolute Gasteiger partial charge is 0.0655 e. The quantitative estimate of drug-likeness (QED) is 0.318. The highest BCUT2D eigenvalue weighted by molar-refractivity contribution is 5.26. The molecule has 0 bridgehead atoms. The summed E-state index contributed by atoms with van der Waals surface area (Å²) in [5.74, 6) is 5.12. The molecule has 0 radical (unpaired) electrons. The molecule has 0 atom stereocenters. The number of benzene rings is 1. The Labute approximate surface area is 211 Å². The second-order valence-corrected chi connectivity index (χ2v) is 12.4. The average Bonchev–Trinajstić information content (AvgIpc) is 2.91. The molecule has 1 aromatic carbocycles. The average molecular weight is 462 g/mol. The van der Waals surface area contributed by atoms with Crippen molar-refractivity contribution in [2.24, 2.45) is 29.6 Å². The molecule has 1 heteroatoms. The largest absolute Gasteiger partial charge is 0.198 e. The van der Waals surface area contributed by atoms with Crippen LogP contribution in [-0.2, 0) is 6.42 Å². The molecule has 0 unspecified atom stereocenters. The zero-order chi connectivity index (χ0) is 23.6. The van der Waals surface area contributed by atoms with Gasteiger partial charge in [-0.15, -0.1) is 0 Å². The summed E-state index contributed by atoms with van der Waals surface area (Å²) in [5.41, 5.74) is 3.05. The monoisotopic (exact) mass is 461 g/mol. The Balaban J connectivity index is 1.11. The molecule has 1 aromatic rings. The van der Waals surface area contributed by atoms with Crippen molar-refractivity contribution in [3.63, 3.8) is 0 Å². The van der Waals surface area contributed by atoms with Gasteiger partial charge in [-0.1, -0.05) is 89.0 Å². The molecule has 34 heavy (non-hydrogen) atoms. The van der Waals surface area contributed by atoms with Crippen molar-refractivity contribution in [3.8, 4) is 6.07 Å². The number of aryl methyl sites for hydroxylation is 1. The first-order valence-corrected chi connectivity index (χ1v) is 15.2. The van der Waals surface area contributed by atoms with E-state index in [2.05, 4.69) is 37.3 Å². The molecule has 0 aliphatic heterocycles. The van der Waals surface area contributed by atoms with Gasteiger partial charge in [0.2, 0.25) is 0 Å². The zero-order valence-electron chi connectivity index (χ0n) is 22.2. The third-order valence-electron chi connectivity index (χ3n) is 10.1. The summed E-state index contributed by atoms with van der Waals surface area (Å²) < 4.78 is 0. The van der Waals surface area contributed by atoms with Gasteiger partial charge in [0.25, 0.3) is 0 Å². The van der Waals surface area contributed by atoms with Gasteiger partial charge in [-0.3, -0.25) is 0 Å². The fourth-order valence-corrected chi connectivity index (χ4v) is 7.64. The maximum Gasteiger partial charge on any atom is 0.0655 e. The van der Waals surface area contributed by atoms with Crippen LogP contribution in [0.15, 0.2) is 24.3 Å². The highest BCUT2D eigenvalue weighted by Gasteiger charge is 2.30. The zero-order valence-corrected chi connectivity index (χ0v) is 22.2. The van der Waals surface area contributed by atoms with Crippen LogP contribution in [-0.4, -0.2) is 0 Å². The fourth-order valence-electron chi connectivity index (χ4n) is 7.64. The van der Waals surface area contributed by atoms with Crippen molar-refractivity contribution in [1.29, 1.82) is 5.26 Å². The predicted octanol–water partition coefficient (Wildman–Crippen LogP) is 10.00. The second-order valence-electron chi connectivity index (χ2n) is 12.4. The van der Waals surface area contributed by atoms with E-state index in [9.17, 15) is 0 Å². The Morgan fingerprint density at radius 2 is 1.26 bits per heavy atom. The summed E-state index contributed by atoms with van der Waals surface area (Å²) >= 11 is 0. The van der Waals surface area contributed by atoms with Gasteiger partial charge in [-0.25, -0.2) is 0 Å². The SMILES string of the molecule is CCCCCCC1CCC(C2CCC(CCc3ccc(C4CCC(C#N)CC4)cc3)CC2)CC1. The van der Waals surface area contributed by atoms with Crippen LogP contribution in [0, 0.1) is 40.9 Å². The van der Waals surface area contributed by atoms with Crippen LogP contribution in [0.25, 0.3) is 0 Å². The lowest BCUT2D eigenvalue weighted by molar-refractivity contribution is 0.140. The van der Waals surface area contributed by atoms with Gasteiger partial charge in [-0.05, 0) is 105 Å². The van der Waals surface area contributed by atoms with Crippen LogP contribution in [0.1, 0.15) is 140 Å². The number of nitriles is 1. The second kappa shape index (κ2) is 13.7. The van der Waals surface area contributed by atoms with E-state index >= 15 is 0 Å². The minimum Gasteiger partial charge on any atom is -0.198 e. The molecule has 4 rings (SSSR count). The molecule has 0 aromatic heterocycles. The summed E-state index contributed by atoms with van der Waals surface area (Å²) in [6, 6.07) is 12.1. The minimum absolute atomic E-state index is 0.306. The van der Waals surface area contributed by atoms with Crippen LogP contribution in [0.2, 0.25) is 0 Å². The van der Waals surface area contributed by atoms with Gasteiger partial charge < -0.3 is 0 Å². The van der Waals surface area contributed by atoms with Crippen molar-refractivity contribution in [2.75, 3.05) is 0 Å². The molecule has 3 saturated carbocycles. The number of hydrogen-bond donors (Lipinski definition) is 0. The van der Waals surface area contributed by atoms with Gasteiger partial charge in [0.15, 0.2) is 0 Å². The van der Waals surface area contributed by atoms with Gasteiger partial charge in [0, 0.05) is 5.92 Å². The van der Waals surface area contributed by atoms with E-state index in [1.807, 2.05) is 0 Å². The molecule has 3 fully saturated rings. The van der Waals surface area contributed by atoms with Gasteiger partial charge in [0.1, 0.15) is 0 Å². The predicted molar refractivity (Wildman–Crippen MR) is 145 cm³/mol. The first-order chi connectivity index (χ1) is 16.7. The standard InChI is InChI=1S/C33H51N/c1-2-3-4-5-6-26-9-17-30(18-10-26)31-19-11-27(12-20-31)7-8-28-13-21-32(22-14-28)33-23-15-29(25-34)16-24-33/h13-14,21-22,26-27,29-31,33H,2-12,15-20,23-24H2,1H3. The van der Waals surface area contributed by atoms with E-state index in [0.29, 0.717) is 11.8 Å². The summed E-state index contributed by atoms with van der Waals surface area (Å²) in [5, 5.41) is 9.13. The van der Waals surface area contributed by atoms with E-state index in [1.165, 1.54) is 120 Å². The van der Waals surface area contributed by atoms with Crippen LogP contribution >= 0.6 is 0 Å². The maximum atomic E-state index is 9.13. The van der Waals surface area contributed by atoms with Crippen molar-refractivity contribution >= 4 is 0 Å². The lowest BCUT2D eigenvalue weighted by Crippen LogP contribution is -2.26. The van der Waals surface area contributed by atoms with E-state index < -0.39 is 0 Å². The van der Waals surface area contributed by atoms with Gasteiger partial charge in [-0.2, -0.15) is 5.26 Å². The molecular formula is C33H51N. The van der Waals surface area contributed by atoms with Crippen molar-refractivity contribution < 1.29 is 0 Å². The molecule has 3 aliphatic carbocycles. The Morgan fingerprint density at radius 3 is 1.82 bits per heavy atom. The summed E-state index contributed by atoms with van der Waals surface area (Å²) in [6.45, 7) is 2.32. The van der Waals surface area contributed by atoms with Crippen LogP contribution in [0.5, 0.6) is 0 Å². The topological polar surface area (TPSA) is 23.8 Å². The maximum absolute atomic E-state index is 9.13. The molecular weight excluding hydrogens is 410 g/mol. The third kappa shape index (κ3) is 7.60. The van der Waals surface area contributed by atoms with Crippen molar-refractivity contribution in [3.05, 3.63) is 35.4 Å². The molecule has 0 heterocycles. The van der Waals surface area contributed by atoms with Gasteiger partial charge in [0.05, 0.1) is 6.07 Å². The van der Waals surface area contributed by atoms with Crippen LogP contribution in [0.3, 0.4) is 0 Å². The fraction of sp³-hybridized carbons (Fsp3) is 0.788. The van der Waals surface area contributed by atoms with Crippen LogP contribution in [0.4, 0.5) is 0 Å². The van der Waals surface area contributed by atoms with E-state index in [0.717, 1.165) is 36.5 Å². The molecule has 188 valence electrons. The lowest BCUT2D eigenvalue weighted by Gasteiger charge is -2.38. The molecule has 1 nitrogen and oxygen atoms in total. The number of hydrogen-bond acceptors (Lipinski definition) is 1. The van der Waals surface area contributed by atoms with Crippen LogP contribution < -0.4 is 0 Å². The number of nitrogens with zero attached hydrogens (tertiary/aromatic N) is 1. The van der Waals surface area contributed by atoms with E-state index in [1.54, 1.807) is 0 Å². The Morgan fingerprint density at radius 1 is 0.676 bits per heavy atom. The lowest BCUT2D eigenvalue weighted by atomic mass is 9.68. The first-order valence-electron chi connectivity index (χ1n) is 15.2. The summed E-state index contributed by atoms with van der Waals surface area (Å²) in [4.78, 5) is 0. The molecule has 3 aliphatic rings. The molecule has 0 N–H and O–H groups in total. The highest BCUT2D eigenvalue weighted by atomic mass is 14.4. The van der Waals surface area contributed by atoms with Crippen molar-refractivity contribution in [1.82, 2.24) is 0 Å². The molecule has 0 spiro atoms. The summed E-state index contributed by atoms with van der Waals surface area (Å²) in [6.07, 6.45) is 26.7. The highest BCUT2D eigenvalue weighted by Crippen LogP contribution is 2.43. The van der Waals surface area contributed by atoms with E-state index in [-0.39, 0.29) is 0 Å². The summed E-state index contributed by atoms with van der Waals surface area (Å²) in [7, 11) is 0. The minimum atomic E-state index is 0.306. The Hall–Kier alpha value is -1.29. The van der Waals surface area contributed by atoms with Crippen molar-refractivity contribution in [2.45, 2.75) is 135 Å². The first kappa shape index (κ1) is 25.8. The Bertz CT molecular complexity index is 719. The molecule has 0 saturated heterocycles. The molecule has 0 amide bonds. The van der Waals surface area contributed by atoms with E-state index in [4.69, 9.17) is 5.26 Å². The Kier molecular flexibility index (Phi) is 10.4. The normalized spacial score (nSPS) is 32.2. The number of rotatable bonds is 10. The third-order valence-corrected chi connectivity index (χ3v) is 10.1. The van der Waals surface area contributed by atoms with Gasteiger partial charge >= 0.3 is 0 Å². The number of unbranched alkanes of at least 4 members (excludes halogenated alkanes) is 3.